The number of rotatable bonds is 11. The maximum Gasteiger partial charge on any atom is 0.323 e. The van der Waals surface area contributed by atoms with Crippen molar-refractivity contribution >= 4 is 28.1 Å². The predicted octanol–water partition coefficient (Wildman–Crippen LogP) is 3.46. The van der Waals surface area contributed by atoms with Crippen molar-refractivity contribution in [3.8, 4) is 5.75 Å². The van der Waals surface area contributed by atoms with E-state index < -0.39 is 16.5 Å². The summed E-state index contributed by atoms with van der Waals surface area (Å²) in [6.45, 7) is 2.50. The first-order valence-corrected chi connectivity index (χ1v) is 10.5. The Morgan fingerprint density at radius 1 is 1.14 bits per heavy atom. The normalized spacial score (nSPS) is 10.2. The van der Waals surface area contributed by atoms with Gasteiger partial charge < -0.3 is 10.1 Å². The van der Waals surface area contributed by atoms with Gasteiger partial charge in [0, 0.05) is 13.6 Å². The highest BCUT2D eigenvalue weighted by Gasteiger charge is 2.20. The molecule has 156 valence electrons. The van der Waals surface area contributed by atoms with Crippen molar-refractivity contribution in [2.24, 2.45) is 4.36 Å². The van der Waals surface area contributed by atoms with Crippen LogP contribution in [-0.2, 0) is 21.7 Å². The lowest BCUT2D eigenvalue weighted by Gasteiger charge is -2.20. The molecular formula is C19H29N3O5S. The monoisotopic (exact) mass is 411 g/mol. The average Bonchev–Trinajstić information content (AvgIpc) is 2.66. The number of hydrogen-bond donors (Lipinski definition) is 1. The fourth-order valence-electron chi connectivity index (χ4n) is 2.79. The number of urea groups is 1. The van der Waals surface area contributed by atoms with Crippen LogP contribution in [0.25, 0.3) is 0 Å². The topological polar surface area (TPSA) is 105 Å². The van der Waals surface area contributed by atoms with E-state index in [0.717, 1.165) is 25.7 Å². The van der Waals surface area contributed by atoms with Crippen molar-refractivity contribution in [2.45, 2.75) is 51.9 Å². The van der Waals surface area contributed by atoms with Gasteiger partial charge in [0.05, 0.1) is 13.5 Å². The summed E-state index contributed by atoms with van der Waals surface area (Å²) >= 11 is 0. The van der Waals surface area contributed by atoms with Crippen LogP contribution in [0.5, 0.6) is 5.75 Å². The van der Waals surface area contributed by atoms with Crippen molar-refractivity contribution in [1.29, 1.82) is 0 Å². The molecule has 0 aliphatic heterocycles. The highest BCUT2D eigenvalue weighted by atomic mass is 32.2. The van der Waals surface area contributed by atoms with Crippen molar-refractivity contribution in [3.63, 3.8) is 0 Å². The predicted molar refractivity (Wildman–Crippen MR) is 107 cm³/mol. The van der Waals surface area contributed by atoms with Gasteiger partial charge in [-0.3, -0.25) is 9.69 Å². The van der Waals surface area contributed by atoms with Crippen LogP contribution in [-0.4, -0.2) is 46.0 Å². The van der Waals surface area contributed by atoms with Crippen LogP contribution in [0.1, 0.15) is 51.0 Å². The Balaban J connectivity index is 2.81. The van der Waals surface area contributed by atoms with E-state index in [-0.39, 0.29) is 23.8 Å². The maximum atomic E-state index is 12.6. The molecule has 1 aromatic rings. The Morgan fingerprint density at radius 3 is 2.43 bits per heavy atom. The highest BCUT2D eigenvalue weighted by molar-refractivity contribution is 7.61. The van der Waals surface area contributed by atoms with E-state index in [2.05, 4.69) is 16.6 Å². The molecule has 8 nitrogen and oxygen atoms in total. The Labute approximate surface area is 168 Å². The first-order valence-electron chi connectivity index (χ1n) is 9.43. The Morgan fingerprint density at radius 2 is 1.82 bits per heavy atom. The van der Waals surface area contributed by atoms with Gasteiger partial charge in [-0.2, -0.15) is 8.42 Å². The molecule has 28 heavy (non-hydrogen) atoms. The molecule has 0 bridgehead atoms. The third kappa shape index (κ3) is 8.08. The number of ether oxygens (including phenoxy) is 1. The quantitative estimate of drug-likeness (QED) is 0.561. The van der Waals surface area contributed by atoms with Gasteiger partial charge in [-0.25, -0.2) is 4.79 Å². The van der Waals surface area contributed by atoms with Gasteiger partial charge in [0.25, 0.3) is 0 Å². The largest absolute Gasteiger partial charge is 0.494 e. The summed E-state index contributed by atoms with van der Waals surface area (Å²) in [6.07, 6.45) is 6.27. The highest BCUT2D eigenvalue weighted by Crippen LogP contribution is 2.28. The van der Waals surface area contributed by atoms with Crippen LogP contribution in [0.4, 0.5) is 10.5 Å². The number of nitrogens with zero attached hydrogens (tertiary/aromatic N) is 2. The number of carbonyl (C=O) groups is 2. The second-order valence-corrected chi connectivity index (χ2v) is 6.98. The molecule has 1 N–H and O–H groups in total. The van der Waals surface area contributed by atoms with Crippen molar-refractivity contribution < 1.29 is 22.7 Å². The van der Waals surface area contributed by atoms with Crippen LogP contribution < -0.4 is 10.1 Å². The number of nitrogens with one attached hydrogen (secondary N) is 1. The van der Waals surface area contributed by atoms with Gasteiger partial charge >= 0.3 is 16.5 Å². The molecule has 0 radical (unpaired) electrons. The van der Waals surface area contributed by atoms with E-state index in [4.69, 9.17) is 4.74 Å². The van der Waals surface area contributed by atoms with E-state index in [1.165, 1.54) is 38.0 Å². The number of hydrogen-bond acceptors (Lipinski definition) is 6. The number of amides is 3. The molecule has 0 heterocycles. The Bertz CT molecular complexity index is 785. The zero-order valence-electron chi connectivity index (χ0n) is 16.7. The van der Waals surface area contributed by atoms with Gasteiger partial charge in [-0.05, 0) is 24.1 Å². The van der Waals surface area contributed by atoms with E-state index in [1.54, 1.807) is 12.1 Å². The summed E-state index contributed by atoms with van der Waals surface area (Å²) in [5.41, 5.74) is 0.662. The number of methoxy groups -OCH3 is 1. The molecule has 0 aliphatic carbocycles. The van der Waals surface area contributed by atoms with E-state index >= 15 is 0 Å². The third-order valence-electron chi connectivity index (χ3n) is 4.27. The van der Waals surface area contributed by atoms with Gasteiger partial charge in [0.15, 0.2) is 0 Å². The van der Waals surface area contributed by atoms with Crippen LogP contribution in [0.2, 0.25) is 0 Å². The minimum Gasteiger partial charge on any atom is -0.494 e. The summed E-state index contributed by atoms with van der Waals surface area (Å²) in [5, 5.41) is 2.49. The fraction of sp³-hybridized carbons (Fsp3) is 0.579. The van der Waals surface area contributed by atoms with E-state index in [9.17, 15) is 18.0 Å². The lowest BCUT2D eigenvalue weighted by atomic mass is 10.1. The molecule has 0 spiro atoms. The number of carbonyl (C=O) groups excluding carboxylic acids is 2. The molecule has 9 heteroatoms. The summed E-state index contributed by atoms with van der Waals surface area (Å²) in [7, 11) is 0.248. The van der Waals surface area contributed by atoms with E-state index in [1.807, 2.05) is 0 Å². The Kier molecular flexibility index (Phi) is 10.9. The third-order valence-corrected chi connectivity index (χ3v) is 4.61. The number of unbranched alkanes of at least 4 members (excludes halogenated alkanes) is 5. The zero-order chi connectivity index (χ0) is 20.9. The van der Waals surface area contributed by atoms with Gasteiger partial charge in [0.1, 0.15) is 11.4 Å². The standard InChI is InChI=1S/C19H29N3O5S/c1-4-5-6-7-8-9-12-22(19(24)20-2)18(23)14-15-10-11-17(27-3)16(13-15)21-28(25)26/h10-11,13H,4-9,12,14H2,1-3H3,(H,20,24). The first kappa shape index (κ1) is 23.6. The molecule has 0 aromatic heterocycles. The zero-order valence-corrected chi connectivity index (χ0v) is 17.5. The fourth-order valence-corrected chi connectivity index (χ4v) is 3.10. The van der Waals surface area contributed by atoms with E-state index in [0.29, 0.717) is 12.1 Å². The van der Waals surface area contributed by atoms with Crippen molar-refractivity contribution in [3.05, 3.63) is 23.8 Å². The molecule has 0 aliphatic rings. The number of imide groups is 1. The molecule has 0 saturated carbocycles. The Hall–Kier alpha value is -2.42. The lowest BCUT2D eigenvalue weighted by Crippen LogP contribution is -2.43. The molecule has 0 atom stereocenters. The average molecular weight is 412 g/mol. The smallest absolute Gasteiger partial charge is 0.323 e. The van der Waals surface area contributed by atoms with Crippen LogP contribution in [0.15, 0.2) is 22.6 Å². The molecule has 0 saturated heterocycles. The SMILES string of the molecule is CCCCCCCCN(C(=O)Cc1ccc(OC)c(N=S(=O)=O)c1)C(=O)NC. The lowest BCUT2D eigenvalue weighted by molar-refractivity contribution is -0.127. The van der Waals surface area contributed by atoms with Gasteiger partial charge in [-0.15, -0.1) is 4.36 Å². The molecule has 0 fully saturated rings. The summed E-state index contributed by atoms with van der Waals surface area (Å²) in [5.74, 6) is -0.0668. The van der Waals surface area contributed by atoms with Gasteiger partial charge in [-0.1, -0.05) is 45.1 Å². The summed E-state index contributed by atoms with van der Waals surface area (Å²) in [6, 6.07) is 4.22. The first-order chi connectivity index (χ1) is 13.4. The second kappa shape index (κ2) is 12.9. The van der Waals surface area contributed by atoms with Crippen LogP contribution >= 0.6 is 0 Å². The summed E-state index contributed by atoms with van der Waals surface area (Å²) in [4.78, 5) is 25.9. The minimum atomic E-state index is -2.64. The minimum absolute atomic E-state index is 0.0404. The van der Waals surface area contributed by atoms with Crippen molar-refractivity contribution in [2.75, 3.05) is 20.7 Å². The summed E-state index contributed by atoms with van der Waals surface area (Å²) < 4.78 is 30.3. The molecular weight excluding hydrogens is 382 g/mol. The molecule has 1 aromatic carbocycles. The molecule has 0 unspecified atom stereocenters. The molecule has 1 rings (SSSR count). The van der Waals surface area contributed by atoms with Gasteiger partial charge in [0.2, 0.25) is 5.91 Å². The molecule has 3 amide bonds. The maximum absolute atomic E-state index is 12.6. The second-order valence-electron chi connectivity index (χ2n) is 6.36. The van der Waals surface area contributed by atoms with Crippen molar-refractivity contribution in [1.82, 2.24) is 10.2 Å². The van der Waals surface area contributed by atoms with Crippen LogP contribution in [0, 0.1) is 0 Å². The van der Waals surface area contributed by atoms with Crippen LogP contribution in [0.3, 0.4) is 0 Å². The number of benzene rings is 1.